The third-order valence-electron chi connectivity index (χ3n) is 6.11. The number of hydrogen-bond acceptors (Lipinski definition) is 6. The van der Waals surface area contributed by atoms with Crippen LogP contribution in [0.15, 0.2) is 119 Å². The second-order valence-electron chi connectivity index (χ2n) is 8.80. The molecule has 0 saturated carbocycles. The summed E-state index contributed by atoms with van der Waals surface area (Å²) in [6.45, 7) is 0.372. The molecule has 9 heteroatoms. The summed E-state index contributed by atoms with van der Waals surface area (Å²) in [7, 11) is 0. The van der Waals surface area contributed by atoms with Crippen LogP contribution in [0, 0.1) is 0 Å². The van der Waals surface area contributed by atoms with E-state index in [1.54, 1.807) is 54.6 Å². The number of carbonyl (C=O) groups excluding carboxylic acids is 2. The molecule has 1 unspecified atom stereocenters. The Labute approximate surface area is 229 Å². The number of nitrogens with zero attached hydrogens (tertiary/aromatic N) is 2. The fourth-order valence-electron chi connectivity index (χ4n) is 4.10. The number of H-pyrrole nitrogens is 1. The molecule has 0 aliphatic rings. The number of fused-ring (bicyclic) bond motifs is 1. The van der Waals surface area contributed by atoms with Crippen molar-refractivity contribution in [1.82, 2.24) is 20.9 Å². The first kappa shape index (κ1) is 26.1. The van der Waals surface area contributed by atoms with Crippen molar-refractivity contribution in [2.24, 2.45) is 5.10 Å². The van der Waals surface area contributed by atoms with E-state index in [0.29, 0.717) is 34.3 Å². The fourth-order valence-corrected chi connectivity index (χ4v) is 4.10. The molecule has 0 saturated heterocycles. The molecule has 0 radical (unpaired) electrons. The number of aromatic nitrogens is 2. The van der Waals surface area contributed by atoms with Gasteiger partial charge in [-0.1, -0.05) is 78.9 Å². The van der Waals surface area contributed by atoms with Crippen molar-refractivity contribution < 1.29 is 14.3 Å². The summed E-state index contributed by atoms with van der Waals surface area (Å²) < 4.78 is 5.95. The normalized spacial score (nSPS) is 11.7. The summed E-state index contributed by atoms with van der Waals surface area (Å²) in [6.07, 6.45) is 1.46. The molecule has 1 heterocycles. The number of hydrazone groups is 1. The Balaban J connectivity index is 1.39. The highest BCUT2D eigenvalue weighted by atomic mass is 16.5. The lowest BCUT2D eigenvalue weighted by Gasteiger charge is -2.18. The van der Waals surface area contributed by atoms with Crippen LogP contribution < -0.4 is 21.0 Å². The summed E-state index contributed by atoms with van der Waals surface area (Å²) in [5.41, 5.74) is 4.30. The zero-order chi connectivity index (χ0) is 27.7. The van der Waals surface area contributed by atoms with Gasteiger partial charge in [0.25, 0.3) is 17.4 Å². The Kier molecular flexibility index (Phi) is 8.02. The maximum absolute atomic E-state index is 13.4. The van der Waals surface area contributed by atoms with Crippen molar-refractivity contribution in [3.05, 3.63) is 142 Å². The van der Waals surface area contributed by atoms with Crippen LogP contribution >= 0.6 is 0 Å². The lowest BCUT2D eigenvalue weighted by molar-refractivity contribution is -0.123. The van der Waals surface area contributed by atoms with Crippen molar-refractivity contribution in [1.29, 1.82) is 0 Å². The molecule has 0 bridgehead atoms. The molecule has 0 aliphatic heterocycles. The smallest absolute Gasteiger partial charge is 0.272 e. The minimum atomic E-state index is -1.25. The van der Waals surface area contributed by atoms with Gasteiger partial charge in [0.1, 0.15) is 18.1 Å². The van der Waals surface area contributed by atoms with Crippen molar-refractivity contribution in [3.63, 3.8) is 0 Å². The van der Waals surface area contributed by atoms with E-state index in [1.165, 1.54) is 6.21 Å². The number of rotatable bonds is 9. The molecular weight excluding hydrogens is 506 g/mol. The number of ether oxygens (including phenoxy) is 1. The minimum Gasteiger partial charge on any atom is -0.488 e. The molecule has 5 aromatic rings. The highest BCUT2D eigenvalue weighted by Gasteiger charge is 2.27. The number of para-hydroxylation sites is 1. The summed E-state index contributed by atoms with van der Waals surface area (Å²) in [5, 5.41) is 14.2. The van der Waals surface area contributed by atoms with E-state index in [2.05, 4.69) is 26.0 Å². The minimum absolute atomic E-state index is 0.179. The van der Waals surface area contributed by atoms with Gasteiger partial charge in [-0.25, -0.2) is 10.5 Å². The van der Waals surface area contributed by atoms with Gasteiger partial charge in [0.2, 0.25) is 0 Å². The molecular formula is C31H25N5O4. The number of hydrogen-bond donors (Lipinski definition) is 3. The first-order chi connectivity index (χ1) is 19.6. The van der Waals surface area contributed by atoms with Gasteiger partial charge in [0.05, 0.1) is 11.6 Å². The third-order valence-corrected chi connectivity index (χ3v) is 6.11. The van der Waals surface area contributed by atoms with E-state index in [-0.39, 0.29) is 5.69 Å². The molecule has 40 heavy (non-hydrogen) atoms. The maximum Gasteiger partial charge on any atom is 0.272 e. The molecule has 0 fully saturated rings. The molecule has 0 spiro atoms. The average molecular weight is 532 g/mol. The van der Waals surface area contributed by atoms with Crippen LogP contribution in [0.3, 0.4) is 0 Å². The number of carbonyl (C=O) groups is 2. The van der Waals surface area contributed by atoms with Crippen molar-refractivity contribution >= 4 is 28.8 Å². The van der Waals surface area contributed by atoms with E-state index >= 15 is 0 Å². The van der Waals surface area contributed by atoms with Crippen molar-refractivity contribution in [2.75, 3.05) is 0 Å². The largest absolute Gasteiger partial charge is 0.488 e. The van der Waals surface area contributed by atoms with Crippen LogP contribution in [-0.2, 0) is 11.4 Å². The molecule has 9 nitrogen and oxygen atoms in total. The standard InChI is InChI=1S/C31H25N5O4/c37-29(22-13-5-2-6-14-22)33-28(27-24-16-8-9-17-25(24)30(38)36-34-27)31(39)35-32-19-23-15-7-10-18-26(23)40-20-21-11-3-1-4-12-21/h1-19,28H,20H2,(H,33,37)(H,35,39)(H,36,38). The summed E-state index contributed by atoms with van der Waals surface area (Å²) in [6, 6.07) is 31.0. The molecule has 4 aromatic carbocycles. The van der Waals surface area contributed by atoms with E-state index in [4.69, 9.17) is 4.74 Å². The summed E-state index contributed by atoms with van der Waals surface area (Å²) in [4.78, 5) is 38.8. The highest BCUT2D eigenvalue weighted by Crippen LogP contribution is 2.21. The third kappa shape index (κ3) is 6.11. The predicted octanol–water partition coefficient (Wildman–Crippen LogP) is 4.12. The molecule has 198 valence electrons. The van der Waals surface area contributed by atoms with E-state index < -0.39 is 23.4 Å². The highest BCUT2D eigenvalue weighted by molar-refractivity contribution is 5.99. The zero-order valence-corrected chi connectivity index (χ0v) is 21.3. The number of benzene rings is 4. The second kappa shape index (κ2) is 12.3. The fraction of sp³-hybridized carbons (Fsp3) is 0.0645. The lowest BCUT2D eigenvalue weighted by Crippen LogP contribution is -2.40. The molecule has 1 atom stereocenters. The number of nitrogens with one attached hydrogen (secondary N) is 3. The van der Waals surface area contributed by atoms with E-state index in [9.17, 15) is 14.4 Å². The molecule has 2 amide bonds. The maximum atomic E-state index is 13.4. The topological polar surface area (TPSA) is 126 Å². The van der Waals surface area contributed by atoms with Crippen LogP contribution in [0.1, 0.15) is 33.2 Å². The van der Waals surface area contributed by atoms with Gasteiger partial charge in [-0.3, -0.25) is 14.4 Å². The Morgan fingerprint density at radius 2 is 1.50 bits per heavy atom. The van der Waals surface area contributed by atoms with Gasteiger partial charge >= 0.3 is 0 Å². The van der Waals surface area contributed by atoms with Gasteiger partial charge in [-0.05, 0) is 35.9 Å². The van der Waals surface area contributed by atoms with Gasteiger partial charge in [0.15, 0.2) is 6.04 Å². The summed E-state index contributed by atoms with van der Waals surface area (Å²) >= 11 is 0. The van der Waals surface area contributed by atoms with Gasteiger partial charge in [0, 0.05) is 16.5 Å². The first-order valence-electron chi connectivity index (χ1n) is 12.5. The van der Waals surface area contributed by atoms with Crippen LogP contribution in [0.5, 0.6) is 5.75 Å². The second-order valence-corrected chi connectivity index (χ2v) is 8.80. The number of amides is 2. The van der Waals surface area contributed by atoms with Crippen molar-refractivity contribution in [2.45, 2.75) is 12.6 Å². The SMILES string of the molecule is O=C(NC(C(=O)NN=Cc1ccccc1OCc1ccccc1)c1n[nH]c(=O)c2ccccc12)c1ccccc1. The van der Waals surface area contributed by atoms with Crippen LogP contribution in [0.2, 0.25) is 0 Å². The van der Waals surface area contributed by atoms with Crippen LogP contribution in [0.4, 0.5) is 0 Å². The molecule has 5 rings (SSSR count). The van der Waals surface area contributed by atoms with E-state index in [1.807, 2.05) is 54.6 Å². The first-order valence-corrected chi connectivity index (χ1v) is 12.5. The lowest BCUT2D eigenvalue weighted by atomic mass is 10.0. The predicted molar refractivity (Wildman–Crippen MR) is 152 cm³/mol. The van der Waals surface area contributed by atoms with Crippen LogP contribution in [-0.4, -0.2) is 28.2 Å². The summed E-state index contributed by atoms with van der Waals surface area (Å²) in [5.74, 6) is -0.541. The Morgan fingerprint density at radius 1 is 0.850 bits per heavy atom. The number of aromatic amines is 1. The molecule has 1 aromatic heterocycles. The quantitative estimate of drug-likeness (QED) is 0.195. The zero-order valence-electron chi connectivity index (χ0n) is 21.3. The van der Waals surface area contributed by atoms with Crippen LogP contribution in [0.25, 0.3) is 10.8 Å². The van der Waals surface area contributed by atoms with E-state index in [0.717, 1.165) is 5.56 Å². The molecule has 3 N–H and O–H groups in total. The Morgan fingerprint density at radius 3 is 2.27 bits per heavy atom. The van der Waals surface area contributed by atoms with Gasteiger partial charge < -0.3 is 10.1 Å². The average Bonchev–Trinajstić information content (AvgIpc) is 3.01. The Hall–Kier alpha value is -5.57. The van der Waals surface area contributed by atoms with Gasteiger partial charge in [-0.2, -0.15) is 10.2 Å². The molecule has 0 aliphatic carbocycles. The van der Waals surface area contributed by atoms with Gasteiger partial charge in [-0.15, -0.1) is 0 Å². The monoisotopic (exact) mass is 531 g/mol. The van der Waals surface area contributed by atoms with Crippen molar-refractivity contribution in [3.8, 4) is 5.75 Å². The Bertz CT molecular complexity index is 1720.